The van der Waals surface area contributed by atoms with E-state index in [0.29, 0.717) is 13.1 Å². The van der Waals surface area contributed by atoms with Gasteiger partial charge < -0.3 is 20.7 Å². The van der Waals surface area contributed by atoms with Crippen LogP contribution in [0.15, 0.2) is 24.3 Å². The molecule has 0 bridgehead atoms. The minimum Gasteiger partial charge on any atom is -0.496 e. The molecule has 1 aromatic rings. The molecule has 0 saturated carbocycles. The summed E-state index contributed by atoms with van der Waals surface area (Å²) >= 11 is 0. The quantitative estimate of drug-likeness (QED) is 0.718. The molecule has 2 saturated heterocycles. The Balaban J connectivity index is 1.72. The summed E-state index contributed by atoms with van der Waals surface area (Å²) < 4.78 is 5.53. The Bertz CT molecular complexity index is 616. The van der Waals surface area contributed by atoms with Crippen molar-refractivity contribution in [2.75, 3.05) is 33.3 Å². The Morgan fingerprint density at radius 2 is 2.08 bits per heavy atom. The number of rotatable bonds is 6. The highest BCUT2D eigenvalue weighted by molar-refractivity contribution is 5.90. The second kappa shape index (κ2) is 8.20. The van der Waals surface area contributed by atoms with Crippen LogP contribution in [0.2, 0.25) is 0 Å². The lowest BCUT2D eigenvalue weighted by Crippen LogP contribution is -2.47. The lowest BCUT2D eigenvalue weighted by Gasteiger charge is -2.35. The average molecular weight is 346 g/mol. The molecule has 136 valence electrons. The number of hydrogen-bond acceptors (Lipinski definition) is 4. The molecule has 2 aliphatic heterocycles. The SMILES string of the molecule is COc1ccccc1[C@H](CNC(=O)[C@H]1CNC(=O)N1)N1CCCCC1. The Hall–Kier alpha value is -2.28. The van der Waals surface area contributed by atoms with Gasteiger partial charge in [-0.1, -0.05) is 24.6 Å². The van der Waals surface area contributed by atoms with Crippen molar-refractivity contribution < 1.29 is 14.3 Å². The molecule has 2 fully saturated rings. The molecule has 2 aliphatic rings. The zero-order valence-corrected chi connectivity index (χ0v) is 14.6. The number of likely N-dealkylation sites (tertiary alicyclic amines) is 1. The number of methoxy groups -OCH3 is 1. The third-order valence-corrected chi connectivity index (χ3v) is 4.89. The van der Waals surface area contributed by atoms with Crippen molar-refractivity contribution in [2.24, 2.45) is 0 Å². The van der Waals surface area contributed by atoms with E-state index in [4.69, 9.17) is 4.74 Å². The number of nitrogens with one attached hydrogen (secondary N) is 3. The first-order valence-corrected chi connectivity index (χ1v) is 8.88. The van der Waals surface area contributed by atoms with Crippen molar-refractivity contribution in [3.05, 3.63) is 29.8 Å². The Morgan fingerprint density at radius 1 is 1.32 bits per heavy atom. The fourth-order valence-electron chi connectivity index (χ4n) is 3.54. The predicted molar refractivity (Wildman–Crippen MR) is 94.5 cm³/mol. The summed E-state index contributed by atoms with van der Waals surface area (Å²) in [7, 11) is 1.67. The van der Waals surface area contributed by atoms with Crippen LogP contribution in [-0.4, -0.2) is 56.2 Å². The number of nitrogens with zero attached hydrogens (tertiary/aromatic N) is 1. The van der Waals surface area contributed by atoms with Crippen molar-refractivity contribution >= 4 is 11.9 Å². The summed E-state index contributed by atoms with van der Waals surface area (Å²) in [6, 6.07) is 7.22. The van der Waals surface area contributed by atoms with Crippen LogP contribution in [0.4, 0.5) is 4.79 Å². The Morgan fingerprint density at radius 3 is 2.76 bits per heavy atom. The summed E-state index contributed by atoms with van der Waals surface area (Å²) in [6.45, 7) is 2.85. The molecular formula is C18H26N4O3. The lowest BCUT2D eigenvalue weighted by molar-refractivity contribution is -0.122. The molecule has 0 aromatic heterocycles. The van der Waals surface area contributed by atoms with Crippen LogP contribution in [0.1, 0.15) is 30.9 Å². The molecule has 3 N–H and O–H groups in total. The molecule has 0 spiro atoms. The number of ether oxygens (including phenoxy) is 1. The van der Waals surface area contributed by atoms with E-state index in [9.17, 15) is 9.59 Å². The third kappa shape index (κ3) is 4.22. The Kier molecular flexibility index (Phi) is 5.75. The van der Waals surface area contributed by atoms with Crippen LogP contribution in [0.3, 0.4) is 0 Å². The topological polar surface area (TPSA) is 82.7 Å². The number of piperidine rings is 1. The normalized spacial score (nSPS) is 22.0. The van der Waals surface area contributed by atoms with E-state index in [1.165, 1.54) is 19.3 Å². The molecule has 3 amide bonds. The number of para-hydroxylation sites is 1. The van der Waals surface area contributed by atoms with E-state index < -0.39 is 6.04 Å². The summed E-state index contributed by atoms with van der Waals surface area (Å²) in [4.78, 5) is 26.0. The number of benzene rings is 1. The summed E-state index contributed by atoms with van der Waals surface area (Å²) in [5.74, 6) is 0.679. The smallest absolute Gasteiger partial charge is 0.315 e. The highest BCUT2D eigenvalue weighted by atomic mass is 16.5. The molecule has 3 rings (SSSR count). The van der Waals surface area contributed by atoms with Gasteiger partial charge in [-0.2, -0.15) is 0 Å². The number of hydrogen-bond donors (Lipinski definition) is 3. The second-order valence-electron chi connectivity index (χ2n) is 6.51. The number of amides is 3. The van der Waals surface area contributed by atoms with E-state index >= 15 is 0 Å². The van der Waals surface area contributed by atoms with E-state index in [1.807, 2.05) is 18.2 Å². The minimum absolute atomic E-state index is 0.0606. The summed E-state index contributed by atoms with van der Waals surface area (Å²) in [5, 5.41) is 8.23. The Labute approximate surface area is 148 Å². The molecule has 7 nitrogen and oxygen atoms in total. The van der Waals surface area contributed by atoms with Crippen LogP contribution >= 0.6 is 0 Å². The van der Waals surface area contributed by atoms with Gasteiger partial charge >= 0.3 is 6.03 Å². The van der Waals surface area contributed by atoms with E-state index in [1.54, 1.807) is 7.11 Å². The van der Waals surface area contributed by atoms with Gasteiger partial charge in [0, 0.05) is 18.7 Å². The largest absolute Gasteiger partial charge is 0.496 e. The number of urea groups is 1. The molecule has 25 heavy (non-hydrogen) atoms. The molecular weight excluding hydrogens is 320 g/mol. The molecule has 0 radical (unpaired) electrons. The average Bonchev–Trinajstić information content (AvgIpc) is 3.09. The molecule has 2 atom stereocenters. The second-order valence-corrected chi connectivity index (χ2v) is 6.51. The molecule has 0 aliphatic carbocycles. The molecule has 2 heterocycles. The van der Waals surface area contributed by atoms with Crippen molar-refractivity contribution in [3.63, 3.8) is 0 Å². The van der Waals surface area contributed by atoms with Crippen LogP contribution in [0, 0.1) is 0 Å². The van der Waals surface area contributed by atoms with Gasteiger partial charge in [0.1, 0.15) is 11.8 Å². The first-order valence-electron chi connectivity index (χ1n) is 8.88. The maximum absolute atomic E-state index is 12.3. The van der Waals surface area contributed by atoms with Gasteiger partial charge in [-0.25, -0.2) is 4.79 Å². The van der Waals surface area contributed by atoms with Gasteiger partial charge in [-0.3, -0.25) is 9.69 Å². The van der Waals surface area contributed by atoms with Gasteiger partial charge in [0.05, 0.1) is 13.2 Å². The fourth-order valence-corrected chi connectivity index (χ4v) is 3.54. The first-order chi connectivity index (χ1) is 12.2. The number of carbonyl (C=O) groups excluding carboxylic acids is 2. The molecule has 0 unspecified atom stereocenters. The van der Waals surface area contributed by atoms with Crippen molar-refractivity contribution in [3.8, 4) is 5.75 Å². The predicted octanol–water partition coefficient (Wildman–Crippen LogP) is 1.02. The van der Waals surface area contributed by atoms with E-state index in [0.717, 1.165) is 24.4 Å². The van der Waals surface area contributed by atoms with Crippen molar-refractivity contribution in [1.29, 1.82) is 0 Å². The van der Waals surface area contributed by atoms with E-state index in [-0.39, 0.29) is 18.0 Å². The standard InChI is InChI=1S/C18H26N4O3/c1-25-16-8-4-3-7-13(16)15(22-9-5-2-6-10-22)12-19-17(23)14-11-20-18(24)21-14/h3-4,7-8,14-15H,2,5-6,9-12H2,1H3,(H,19,23)(H2,20,21,24)/t14-,15+/m1/s1. The summed E-state index contributed by atoms with van der Waals surface area (Å²) in [5.41, 5.74) is 1.08. The fraction of sp³-hybridized carbons (Fsp3) is 0.556. The lowest BCUT2D eigenvalue weighted by atomic mass is 10.0. The zero-order valence-electron chi connectivity index (χ0n) is 14.6. The van der Waals surface area contributed by atoms with Crippen molar-refractivity contribution in [1.82, 2.24) is 20.9 Å². The highest BCUT2D eigenvalue weighted by Crippen LogP contribution is 2.30. The monoisotopic (exact) mass is 346 g/mol. The molecule has 1 aromatic carbocycles. The van der Waals surface area contributed by atoms with Gasteiger partial charge in [0.25, 0.3) is 0 Å². The van der Waals surface area contributed by atoms with Gasteiger partial charge in [-0.15, -0.1) is 0 Å². The maximum atomic E-state index is 12.3. The van der Waals surface area contributed by atoms with Crippen molar-refractivity contribution in [2.45, 2.75) is 31.3 Å². The first kappa shape index (κ1) is 17.5. The molecule has 7 heteroatoms. The van der Waals surface area contributed by atoms with Gasteiger partial charge in [0.15, 0.2) is 0 Å². The minimum atomic E-state index is -0.507. The van der Waals surface area contributed by atoms with Gasteiger partial charge in [-0.05, 0) is 32.0 Å². The third-order valence-electron chi connectivity index (χ3n) is 4.89. The zero-order chi connectivity index (χ0) is 17.6. The van der Waals surface area contributed by atoms with Gasteiger partial charge in [0.2, 0.25) is 5.91 Å². The number of carbonyl (C=O) groups is 2. The van der Waals surface area contributed by atoms with Crippen LogP contribution in [0.25, 0.3) is 0 Å². The van der Waals surface area contributed by atoms with Crippen LogP contribution in [-0.2, 0) is 4.79 Å². The summed E-state index contributed by atoms with van der Waals surface area (Å²) in [6.07, 6.45) is 3.59. The highest BCUT2D eigenvalue weighted by Gasteiger charge is 2.29. The van der Waals surface area contributed by atoms with Crippen LogP contribution in [0.5, 0.6) is 5.75 Å². The van der Waals surface area contributed by atoms with Crippen LogP contribution < -0.4 is 20.7 Å². The van der Waals surface area contributed by atoms with E-state index in [2.05, 4.69) is 26.9 Å². The maximum Gasteiger partial charge on any atom is 0.315 e.